The highest BCUT2D eigenvalue weighted by Crippen LogP contribution is 2.40. The first-order valence-corrected chi connectivity index (χ1v) is 32.5. The van der Waals surface area contributed by atoms with Gasteiger partial charge in [0.2, 0.25) is 17.7 Å². The maximum Gasteiger partial charge on any atom is 0.364 e. The lowest BCUT2D eigenvalue weighted by atomic mass is 9.88. The second-order valence-electron chi connectivity index (χ2n) is 25.8. The van der Waals surface area contributed by atoms with Crippen LogP contribution in [0.4, 0.5) is 0 Å². The number of rotatable bonds is 31. The van der Waals surface area contributed by atoms with Crippen molar-refractivity contribution in [2.24, 2.45) is 0 Å². The zero-order chi connectivity index (χ0) is 76.7. The van der Waals surface area contributed by atoms with Crippen molar-refractivity contribution in [2.45, 2.75) is 279 Å². The summed E-state index contributed by atoms with van der Waals surface area (Å²) < 4.78 is 82.4. The van der Waals surface area contributed by atoms with Gasteiger partial charge in [-0.3, -0.25) is 14.4 Å². The molecule has 0 spiro atoms. The van der Waals surface area contributed by atoms with Crippen LogP contribution in [0.3, 0.4) is 0 Å². The summed E-state index contributed by atoms with van der Waals surface area (Å²) in [4.78, 5) is 51.4. The van der Waals surface area contributed by atoms with E-state index in [9.17, 15) is 147 Å². The predicted octanol–water partition coefficient (Wildman–Crippen LogP) is -18.2. The minimum Gasteiger partial charge on any atom is -0.477 e. The summed E-state index contributed by atoms with van der Waals surface area (Å²) in [6.45, 7) is -5.33. The summed E-state index contributed by atoms with van der Waals surface area (Å²) in [7, 11) is 0. The van der Waals surface area contributed by atoms with Crippen molar-refractivity contribution in [1.29, 1.82) is 0 Å². The molecule has 0 aromatic heterocycles. The Hall–Kier alpha value is -3.64. The molecule has 7 fully saturated rings. The molecule has 103 heavy (non-hydrogen) atoms. The van der Waals surface area contributed by atoms with Crippen LogP contribution < -0.4 is 16.0 Å². The topological polar surface area (TPSA) is 739 Å². The van der Waals surface area contributed by atoms with Gasteiger partial charge in [0.05, 0.1) is 71.1 Å². The first-order valence-electron chi connectivity index (χ1n) is 32.5. The van der Waals surface area contributed by atoms with Crippen molar-refractivity contribution >= 4 is 23.7 Å². The fourth-order valence-electron chi connectivity index (χ4n) is 12.7. The molecule has 7 rings (SSSR count). The van der Waals surface area contributed by atoms with Crippen LogP contribution in [0.2, 0.25) is 0 Å². The molecule has 0 unspecified atom stereocenters. The Balaban J connectivity index is 1.24. The molecule has 0 radical (unpaired) electrons. The highest BCUT2D eigenvalue weighted by Gasteiger charge is 2.61. The van der Waals surface area contributed by atoms with Gasteiger partial charge in [0, 0.05) is 27.2 Å². The van der Waals surface area contributed by atoms with Gasteiger partial charge in [0.1, 0.15) is 183 Å². The molecule has 0 aromatic rings. The van der Waals surface area contributed by atoms with E-state index >= 15 is 0 Å². The van der Waals surface area contributed by atoms with Crippen LogP contribution in [0, 0.1) is 0 Å². The highest BCUT2D eigenvalue weighted by atomic mass is 16.8. The number of hydrogen-bond acceptors (Lipinski definition) is 42. The first-order chi connectivity index (χ1) is 48.4. The average Bonchev–Trinajstić information content (AvgIpc) is 0.782. The summed E-state index contributed by atoms with van der Waals surface area (Å²) >= 11 is 0. The zero-order valence-electron chi connectivity index (χ0n) is 55.4. The van der Waals surface area contributed by atoms with Gasteiger partial charge in [0.15, 0.2) is 37.7 Å². The largest absolute Gasteiger partial charge is 0.477 e. The first kappa shape index (κ1) is 86.6. The van der Waals surface area contributed by atoms with Gasteiger partial charge in [-0.1, -0.05) is 0 Å². The van der Waals surface area contributed by atoms with Crippen LogP contribution >= 0.6 is 0 Å². The second-order valence-corrected chi connectivity index (χ2v) is 25.8. The maximum absolute atomic E-state index is 13.5. The monoisotopic (exact) mass is 1510 g/mol. The highest BCUT2D eigenvalue weighted by molar-refractivity contribution is 5.77. The SMILES string of the molecule is CC(=O)N[C@H]1[C@H](OC[C@H]2O[C@@H](O[C@@H]([C@H](O)[C@@H](O)CO)[C@H](O)CO)[C@H](O)[C@@H](O[C@@H]3O[C@H](CO)[C@@H](O[C@@H]4O[C@H](CO[C@]5(C(=O)O)C[C@H](O)[C@@H](NC(C)=O)[C@H]([C@H](O)[C@H](O)CO)O5)[C@H](O)[C@H](O)[C@H]4O)[C@H](O[C@@H]4O[C@@H](C)[C@@H](O)[C@@H](O)[C@@H]4O)[C@H]3NC(C)=O)[C@H]2O)O[C@H](CO)[C@@H](O[C@@H]2O[C@H](CO)[C@H](O)[C@H](O)[C@H]2O)[C@@H]1O. The number of aliphatic carboxylic acids is 1. The Kier molecular flexibility index (Phi) is 31.7. The summed E-state index contributed by atoms with van der Waals surface area (Å²) in [5.74, 6) is -7.97. The molecule has 0 aromatic carbocycles. The minimum absolute atomic E-state index is 0.844. The lowest BCUT2D eigenvalue weighted by Gasteiger charge is -2.52. The molecule has 0 saturated carbocycles. The fourth-order valence-corrected chi connectivity index (χ4v) is 12.7. The number of aliphatic hydroxyl groups is 24. The number of hydrogen-bond donors (Lipinski definition) is 28. The van der Waals surface area contributed by atoms with E-state index in [0.29, 0.717) is 0 Å². The van der Waals surface area contributed by atoms with Gasteiger partial charge in [-0.05, 0) is 6.92 Å². The lowest BCUT2D eigenvalue weighted by molar-refractivity contribution is -0.391. The molecule has 7 aliphatic rings. The number of carboxylic acid groups (broad SMARTS) is 1. The smallest absolute Gasteiger partial charge is 0.364 e. The molecule has 0 aliphatic carbocycles. The average molecular weight is 1510 g/mol. The summed E-state index contributed by atoms with van der Waals surface area (Å²) in [6, 6.07) is -5.61. The third kappa shape index (κ3) is 19.7. The molecule has 7 aliphatic heterocycles. The van der Waals surface area contributed by atoms with Gasteiger partial charge in [-0.2, -0.15) is 0 Å². The van der Waals surface area contributed by atoms with Crippen molar-refractivity contribution in [3.63, 3.8) is 0 Å². The lowest BCUT2D eigenvalue weighted by Crippen LogP contribution is -2.71. The van der Waals surface area contributed by atoms with E-state index in [1.165, 1.54) is 6.92 Å². The third-order valence-electron chi connectivity index (χ3n) is 18.4. The van der Waals surface area contributed by atoms with E-state index in [1.807, 2.05) is 0 Å². The summed E-state index contributed by atoms with van der Waals surface area (Å²) in [6.07, 6.45) is -77.7. The van der Waals surface area contributed by atoms with Gasteiger partial charge in [-0.25, -0.2) is 4.79 Å². The van der Waals surface area contributed by atoms with E-state index in [2.05, 4.69) is 16.0 Å². The van der Waals surface area contributed by atoms with Gasteiger partial charge < -0.3 is 210 Å². The Bertz CT molecular complexity index is 2670. The molecule has 0 bridgehead atoms. The molecule has 7 saturated heterocycles. The van der Waals surface area contributed by atoms with Crippen LogP contribution in [0.5, 0.6) is 0 Å². The minimum atomic E-state index is -3.11. The fraction of sp³-hybridized carbons (Fsp3) is 0.930. The number of amides is 3. The van der Waals surface area contributed by atoms with E-state index in [4.69, 9.17) is 66.3 Å². The molecule has 40 atom stereocenters. The molecule has 3 amide bonds. The van der Waals surface area contributed by atoms with E-state index in [-0.39, 0.29) is 0 Å². The maximum atomic E-state index is 13.5. The van der Waals surface area contributed by atoms with Crippen LogP contribution in [-0.2, 0) is 85.5 Å². The van der Waals surface area contributed by atoms with Gasteiger partial charge >= 0.3 is 5.97 Å². The van der Waals surface area contributed by atoms with Crippen LogP contribution in [0.15, 0.2) is 0 Å². The molecule has 7 heterocycles. The Labute approximate surface area is 583 Å². The molecule has 598 valence electrons. The standard InChI is InChI=1S/C57H97N3O43/c1-14-30(74)37(81)40(84)52(92-14)101-48-29(60-17(4)69)51(95-24(11-66)46(48)100-54-42(86)39(83)34(78)26(97-54)13-91-57(56(88)89)5-18(70)27(58-15(2)67)47(103-57)32(76)20(72)7-62)102-49-35(79)25(96-55(43(49)87)98-44(21(73)8-63)31(75)19(71)6-61)12-90-50-28(59-16(3)68)36(80)45(23(10-65)94-50)99-53-41(85)38(82)33(77)22(9-64)93-53/h14,18-55,61-66,70-87H,5-13H2,1-4H3,(H,58,67)(H,59,68)(H,60,69)(H,88,89)/t14-,18-,19-,20+,21+,22+,23+,24+,25+,26+,27+,28+,29+,30+,31+,32+,33-,34-,35-,36+,37+,38-,39-,40-,41+,42+,43+,44+,45+,46+,47+,48+,49-,50+,51-,52-,53-,54-,55-,57+/m0/s1. The molecular formula is C57H97N3O43. The molecule has 46 nitrogen and oxygen atoms in total. The number of carbonyl (C=O) groups is 4. The van der Waals surface area contributed by atoms with Gasteiger partial charge in [-0.15, -0.1) is 0 Å². The quantitative estimate of drug-likeness (QED) is 0.0306. The second kappa shape index (κ2) is 37.7. The molecule has 28 N–H and O–H groups in total. The molecule has 46 heteroatoms. The Morgan fingerprint density at radius 2 is 0.883 bits per heavy atom. The molecular weight excluding hydrogens is 1410 g/mol. The number of aliphatic hydroxyl groups excluding tert-OH is 24. The summed E-state index contributed by atoms with van der Waals surface area (Å²) in [5, 5.41) is 279. The summed E-state index contributed by atoms with van der Waals surface area (Å²) in [5.41, 5.74) is 0. The van der Waals surface area contributed by atoms with Crippen molar-refractivity contribution in [3.05, 3.63) is 0 Å². The number of ether oxygens (including phenoxy) is 14. The Morgan fingerprint density at radius 3 is 1.43 bits per heavy atom. The number of nitrogens with one attached hydrogen (secondary N) is 3. The predicted molar refractivity (Wildman–Crippen MR) is 317 cm³/mol. The Morgan fingerprint density at radius 1 is 0.437 bits per heavy atom. The van der Waals surface area contributed by atoms with Crippen molar-refractivity contribution in [3.8, 4) is 0 Å². The number of carbonyl (C=O) groups excluding carboxylic acids is 3. The van der Waals surface area contributed by atoms with E-state index in [0.717, 1.165) is 20.8 Å². The van der Waals surface area contributed by atoms with Crippen molar-refractivity contribution in [2.75, 3.05) is 52.9 Å². The van der Waals surface area contributed by atoms with Crippen molar-refractivity contribution < 1.29 is 213 Å². The van der Waals surface area contributed by atoms with Crippen LogP contribution in [0.1, 0.15) is 34.1 Å². The zero-order valence-corrected chi connectivity index (χ0v) is 55.4. The van der Waals surface area contributed by atoms with Crippen LogP contribution in [0.25, 0.3) is 0 Å². The van der Waals surface area contributed by atoms with E-state index < -0.39 is 328 Å². The van der Waals surface area contributed by atoms with Crippen molar-refractivity contribution in [1.82, 2.24) is 16.0 Å². The van der Waals surface area contributed by atoms with Gasteiger partial charge in [0.25, 0.3) is 5.79 Å². The third-order valence-corrected chi connectivity index (χ3v) is 18.4. The normalized spacial score (nSPS) is 45.1. The van der Waals surface area contributed by atoms with E-state index in [1.54, 1.807) is 0 Å². The van der Waals surface area contributed by atoms with Crippen LogP contribution in [-0.4, -0.2) is 449 Å². The number of carboxylic acids is 1.